The highest BCUT2D eigenvalue weighted by Gasteiger charge is 2.27. The van der Waals surface area contributed by atoms with Crippen LogP contribution in [0.1, 0.15) is 12.8 Å². The van der Waals surface area contributed by atoms with Crippen LogP contribution in [0.2, 0.25) is 0 Å². The van der Waals surface area contributed by atoms with Crippen LogP contribution in [0.3, 0.4) is 0 Å². The van der Waals surface area contributed by atoms with Gasteiger partial charge in [-0.15, -0.1) is 0 Å². The number of halogens is 2. The summed E-state index contributed by atoms with van der Waals surface area (Å²) in [5.74, 6) is -3.40. The molecule has 22 heavy (non-hydrogen) atoms. The van der Waals surface area contributed by atoms with E-state index >= 15 is 0 Å². The van der Waals surface area contributed by atoms with Gasteiger partial charge in [0.05, 0.1) is 4.90 Å². The minimum atomic E-state index is -4.55. The molecule has 0 saturated carbocycles. The summed E-state index contributed by atoms with van der Waals surface area (Å²) in [6.45, 7) is 1.33. The van der Waals surface area contributed by atoms with E-state index in [1.54, 1.807) is 7.05 Å². The van der Waals surface area contributed by atoms with Crippen LogP contribution in [0.15, 0.2) is 29.2 Å². The van der Waals surface area contributed by atoms with Gasteiger partial charge < -0.3 is 10.2 Å². The Kier molecular flexibility index (Phi) is 5.00. The summed E-state index contributed by atoms with van der Waals surface area (Å²) in [5.41, 5.74) is 0.767. The fourth-order valence-corrected chi connectivity index (χ4v) is 3.27. The SMILES string of the molecule is CNC(=O)C1CCN(c2ccc(S(=O)(=O)C(F)F)cc2)CC1. The van der Waals surface area contributed by atoms with E-state index in [4.69, 9.17) is 0 Å². The number of sulfone groups is 1. The van der Waals surface area contributed by atoms with Crippen LogP contribution in [-0.4, -0.2) is 40.2 Å². The molecule has 8 heteroatoms. The molecular weight excluding hydrogens is 314 g/mol. The van der Waals surface area contributed by atoms with E-state index in [0.717, 1.165) is 5.69 Å². The van der Waals surface area contributed by atoms with Gasteiger partial charge in [-0.05, 0) is 37.1 Å². The van der Waals surface area contributed by atoms with Crippen molar-refractivity contribution >= 4 is 21.4 Å². The van der Waals surface area contributed by atoms with E-state index in [9.17, 15) is 22.0 Å². The second kappa shape index (κ2) is 6.60. The fourth-order valence-electron chi connectivity index (χ4n) is 2.55. The Labute approximate surface area is 128 Å². The number of alkyl halides is 2. The molecule has 1 aliphatic heterocycles. The molecule has 122 valence electrons. The van der Waals surface area contributed by atoms with Crippen molar-refractivity contribution in [3.05, 3.63) is 24.3 Å². The number of hydrogen-bond donors (Lipinski definition) is 1. The number of nitrogens with zero attached hydrogens (tertiary/aromatic N) is 1. The van der Waals surface area contributed by atoms with Crippen molar-refractivity contribution in [2.45, 2.75) is 23.5 Å². The Morgan fingerprint density at radius 2 is 1.77 bits per heavy atom. The zero-order valence-corrected chi connectivity index (χ0v) is 12.9. The molecule has 0 spiro atoms. The van der Waals surface area contributed by atoms with Gasteiger partial charge in [0.15, 0.2) is 0 Å². The molecule has 1 amide bonds. The van der Waals surface area contributed by atoms with E-state index in [0.29, 0.717) is 25.9 Å². The Morgan fingerprint density at radius 3 is 2.23 bits per heavy atom. The summed E-state index contributed by atoms with van der Waals surface area (Å²) in [6, 6.07) is 5.44. The molecular formula is C14H18F2N2O3S. The lowest BCUT2D eigenvalue weighted by molar-refractivity contribution is -0.125. The average Bonchev–Trinajstić information content (AvgIpc) is 2.54. The van der Waals surface area contributed by atoms with Crippen molar-refractivity contribution in [2.75, 3.05) is 25.0 Å². The van der Waals surface area contributed by atoms with Crippen molar-refractivity contribution in [3.63, 3.8) is 0 Å². The highest BCUT2D eigenvalue weighted by atomic mass is 32.2. The van der Waals surface area contributed by atoms with Crippen LogP contribution in [-0.2, 0) is 14.6 Å². The summed E-state index contributed by atoms with van der Waals surface area (Å²) < 4.78 is 47.7. The third-order valence-corrected chi connectivity index (χ3v) is 5.28. The Bertz CT molecular complexity index is 624. The summed E-state index contributed by atoms with van der Waals surface area (Å²) in [4.78, 5) is 13.2. The normalized spacial score (nSPS) is 16.8. The molecule has 0 unspecified atom stereocenters. The van der Waals surface area contributed by atoms with E-state index in [1.807, 2.05) is 4.90 Å². The standard InChI is InChI=1S/C14H18F2N2O3S/c1-17-13(19)10-6-8-18(9-7-10)11-2-4-12(5-3-11)22(20,21)14(15)16/h2-5,10,14H,6-9H2,1H3,(H,17,19). The van der Waals surface area contributed by atoms with E-state index < -0.39 is 15.6 Å². The maximum absolute atomic E-state index is 12.5. The minimum absolute atomic E-state index is 0.0141. The summed E-state index contributed by atoms with van der Waals surface area (Å²) in [6.07, 6.45) is 1.41. The molecule has 0 atom stereocenters. The number of nitrogens with one attached hydrogen (secondary N) is 1. The van der Waals surface area contributed by atoms with Gasteiger partial charge in [-0.1, -0.05) is 0 Å². The van der Waals surface area contributed by atoms with Gasteiger partial charge in [0, 0.05) is 31.7 Å². The van der Waals surface area contributed by atoms with Crippen molar-refractivity contribution in [2.24, 2.45) is 5.92 Å². The molecule has 0 bridgehead atoms. The van der Waals surface area contributed by atoms with Gasteiger partial charge in [-0.2, -0.15) is 8.78 Å². The van der Waals surface area contributed by atoms with E-state index in [-0.39, 0.29) is 16.7 Å². The average molecular weight is 332 g/mol. The molecule has 0 radical (unpaired) electrons. The minimum Gasteiger partial charge on any atom is -0.371 e. The first kappa shape index (κ1) is 16.7. The van der Waals surface area contributed by atoms with E-state index in [1.165, 1.54) is 24.3 Å². The van der Waals surface area contributed by atoms with Gasteiger partial charge in [-0.25, -0.2) is 8.42 Å². The molecule has 5 nitrogen and oxygen atoms in total. The van der Waals surface area contributed by atoms with Crippen LogP contribution in [0.5, 0.6) is 0 Å². The molecule has 1 aliphatic rings. The van der Waals surface area contributed by atoms with Crippen LogP contribution in [0.4, 0.5) is 14.5 Å². The van der Waals surface area contributed by atoms with Gasteiger partial charge >= 0.3 is 5.76 Å². The van der Waals surface area contributed by atoms with Crippen LogP contribution < -0.4 is 10.2 Å². The monoisotopic (exact) mass is 332 g/mol. The van der Waals surface area contributed by atoms with Gasteiger partial charge in [0.1, 0.15) is 0 Å². The van der Waals surface area contributed by atoms with Crippen molar-refractivity contribution < 1.29 is 22.0 Å². The zero-order valence-electron chi connectivity index (χ0n) is 12.1. The quantitative estimate of drug-likeness (QED) is 0.910. The van der Waals surface area contributed by atoms with Gasteiger partial charge in [-0.3, -0.25) is 4.79 Å². The van der Waals surface area contributed by atoms with Crippen LogP contribution in [0.25, 0.3) is 0 Å². The number of hydrogen-bond acceptors (Lipinski definition) is 4. The zero-order chi connectivity index (χ0) is 16.3. The van der Waals surface area contributed by atoms with Gasteiger partial charge in [0.25, 0.3) is 0 Å². The Morgan fingerprint density at radius 1 is 1.23 bits per heavy atom. The smallest absolute Gasteiger partial charge is 0.341 e. The Hall–Kier alpha value is -1.70. The maximum Gasteiger partial charge on any atom is 0.341 e. The van der Waals surface area contributed by atoms with Gasteiger partial charge in [0.2, 0.25) is 15.7 Å². The molecule has 1 fully saturated rings. The molecule has 1 heterocycles. The first-order chi connectivity index (χ1) is 10.4. The molecule has 0 aliphatic carbocycles. The predicted octanol–water partition coefficient (Wildman–Crippen LogP) is 1.65. The number of carbonyl (C=O) groups is 1. The first-order valence-electron chi connectivity index (χ1n) is 6.95. The number of carbonyl (C=O) groups excluding carboxylic acids is 1. The fraction of sp³-hybridized carbons (Fsp3) is 0.500. The maximum atomic E-state index is 12.5. The van der Waals surface area contributed by atoms with Crippen LogP contribution in [0, 0.1) is 5.92 Å². The van der Waals surface area contributed by atoms with Crippen molar-refractivity contribution in [3.8, 4) is 0 Å². The number of rotatable bonds is 4. The third kappa shape index (κ3) is 3.37. The number of piperidine rings is 1. The number of amides is 1. The van der Waals surface area contributed by atoms with E-state index in [2.05, 4.69) is 5.32 Å². The summed E-state index contributed by atoms with van der Waals surface area (Å²) in [5, 5.41) is 2.63. The lowest BCUT2D eigenvalue weighted by Gasteiger charge is -2.32. The lowest BCUT2D eigenvalue weighted by Crippen LogP contribution is -2.39. The predicted molar refractivity (Wildman–Crippen MR) is 78.6 cm³/mol. The highest BCUT2D eigenvalue weighted by molar-refractivity contribution is 7.91. The first-order valence-corrected chi connectivity index (χ1v) is 8.49. The molecule has 0 aromatic heterocycles. The van der Waals surface area contributed by atoms with Crippen molar-refractivity contribution in [1.29, 1.82) is 0 Å². The second-order valence-corrected chi connectivity index (χ2v) is 7.09. The molecule has 1 aromatic rings. The summed E-state index contributed by atoms with van der Waals surface area (Å²) in [7, 11) is -2.94. The molecule has 1 saturated heterocycles. The Balaban J connectivity index is 2.05. The largest absolute Gasteiger partial charge is 0.371 e. The highest BCUT2D eigenvalue weighted by Crippen LogP contribution is 2.26. The summed E-state index contributed by atoms with van der Waals surface area (Å²) >= 11 is 0. The third-order valence-electron chi connectivity index (χ3n) is 3.88. The number of anilines is 1. The second-order valence-electron chi connectivity index (χ2n) is 5.18. The van der Waals surface area contributed by atoms with Crippen molar-refractivity contribution in [1.82, 2.24) is 5.32 Å². The topological polar surface area (TPSA) is 66.5 Å². The molecule has 1 aromatic carbocycles. The number of benzene rings is 1. The molecule has 2 rings (SSSR count). The van der Waals surface area contributed by atoms with Crippen LogP contribution >= 0.6 is 0 Å². The lowest BCUT2D eigenvalue weighted by atomic mass is 9.95. The molecule has 1 N–H and O–H groups in total.